The van der Waals surface area contributed by atoms with Crippen LogP contribution in [0.2, 0.25) is 0 Å². The largest absolute Gasteiger partial charge is 0.0636 e. The Bertz CT molecular complexity index is 2600. The minimum Gasteiger partial charge on any atom is -0.0622 e. The molecule has 0 heterocycles. The predicted molar refractivity (Wildman–Crippen MR) is 181 cm³/mol. The Morgan fingerprint density at radius 1 is 0.357 bits per heavy atom. The van der Waals surface area contributed by atoms with Gasteiger partial charge in [-0.1, -0.05) is 152 Å². The highest BCUT2D eigenvalue weighted by molar-refractivity contribution is 6.24. The molecule has 0 N–H and O–H groups in total. The van der Waals surface area contributed by atoms with E-state index in [0.29, 0.717) is 44.2 Å². The molecular formula is C42H28. The Morgan fingerprint density at radius 2 is 0.905 bits per heavy atom. The van der Waals surface area contributed by atoms with Crippen molar-refractivity contribution in [2.24, 2.45) is 0 Å². The van der Waals surface area contributed by atoms with Crippen molar-refractivity contribution in [2.45, 2.75) is 0 Å². The van der Waals surface area contributed by atoms with Gasteiger partial charge in [0.05, 0.1) is 9.60 Å². The van der Waals surface area contributed by atoms with Crippen LogP contribution in [0, 0.1) is 0 Å². The van der Waals surface area contributed by atoms with Crippen LogP contribution in [0.4, 0.5) is 0 Å². The molecule has 8 aromatic rings. The number of hydrogen-bond donors (Lipinski definition) is 0. The first-order valence-corrected chi connectivity index (χ1v) is 14.0. The Labute approximate surface area is 256 Å². The highest BCUT2D eigenvalue weighted by Gasteiger charge is 2.19. The molecule has 0 bridgehead atoms. The van der Waals surface area contributed by atoms with Gasteiger partial charge in [0.2, 0.25) is 0 Å². The number of hydrogen-bond acceptors (Lipinski definition) is 0. The molecule has 0 atom stereocenters. The summed E-state index contributed by atoms with van der Waals surface area (Å²) in [5, 5.41) is 2.97. The van der Waals surface area contributed by atoms with Crippen molar-refractivity contribution < 1.29 is 9.60 Å². The van der Waals surface area contributed by atoms with Gasteiger partial charge in [0, 0.05) is 0 Å². The SMILES string of the molecule is [2H]c1c([2H])c([2H])c2c(-c3cc(-c4ccccc4)cc4ccccc34)c3c([2H])c(-c4ccccc4)c([2H])c([2H])c3c(-c3ccccc3)c2c1[2H]. The molecule has 0 aliphatic carbocycles. The van der Waals surface area contributed by atoms with E-state index in [1.165, 1.54) is 0 Å². The molecular weight excluding hydrogens is 504 g/mol. The summed E-state index contributed by atoms with van der Waals surface area (Å²) in [4.78, 5) is 0. The van der Waals surface area contributed by atoms with E-state index < -0.39 is 0 Å². The standard InChI is InChI=1S/C42H28/c1-4-14-29(15-5-1)32-24-25-38-40(27-32)42(37-23-13-12-22-36(37)41(38)31-18-8-3-9-19-31)39-28-34(30-16-6-2-7-17-30)26-33-20-10-11-21-35(33)39/h1-28H/i12D,13D,22D,23D,24D,25D,27D. The second-order valence-electron chi connectivity index (χ2n) is 10.3. The summed E-state index contributed by atoms with van der Waals surface area (Å²) >= 11 is 0. The second kappa shape index (κ2) is 10.2. The monoisotopic (exact) mass is 539 g/mol. The van der Waals surface area contributed by atoms with Crippen molar-refractivity contribution in [1.82, 2.24) is 0 Å². The average molecular weight is 540 g/mol. The summed E-state index contributed by atoms with van der Waals surface area (Å²) in [6, 6.07) is 39.0. The zero-order valence-electron chi connectivity index (χ0n) is 29.6. The molecule has 0 fully saturated rings. The molecule has 8 rings (SSSR count). The summed E-state index contributed by atoms with van der Waals surface area (Å²) in [5.41, 5.74) is 4.97. The van der Waals surface area contributed by atoms with Crippen molar-refractivity contribution in [2.75, 3.05) is 0 Å². The number of rotatable bonds is 4. The van der Waals surface area contributed by atoms with Gasteiger partial charge in [-0.05, 0) is 95.0 Å². The molecule has 0 spiro atoms. The molecule has 0 aliphatic heterocycles. The van der Waals surface area contributed by atoms with Crippen molar-refractivity contribution >= 4 is 32.3 Å². The van der Waals surface area contributed by atoms with Gasteiger partial charge in [-0.3, -0.25) is 0 Å². The molecule has 0 aromatic heterocycles. The summed E-state index contributed by atoms with van der Waals surface area (Å²) in [5.74, 6) is 0. The van der Waals surface area contributed by atoms with Crippen LogP contribution in [0.15, 0.2) is 170 Å². The maximum absolute atomic E-state index is 9.89. The number of benzene rings is 8. The third kappa shape index (κ3) is 4.08. The molecule has 0 saturated carbocycles. The van der Waals surface area contributed by atoms with Crippen LogP contribution in [0.25, 0.3) is 76.8 Å². The van der Waals surface area contributed by atoms with Crippen LogP contribution in [-0.4, -0.2) is 0 Å². The lowest BCUT2D eigenvalue weighted by Crippen LogP contribution is -1.93. The lowest BCUT2D eigenvalue weighted by molar-refractivity contribution is 1.62. The van der Waals surface area contributed by atoms with Crippen LogP contribution in [0.5, 0.6) is 0 Å². The minimum atomic E-state index is -0.382. The smallest absolute Gasteiger partial charge is 0.0622 e. The van der Waals surface area contributed by atoms with E-state index in [1.54, 1.807) is 0 Å². The Balaban J connectivity index is 1.72. The van der Waals surface area contributed by atoms with Crippen LogP contribution < -0.4 is 0 Å². The molecule has 0 nitrogen and oxygen atoms in total. The Hall–Kier alpha value is -5.46. The third-order valence-corrected chi connectivity index (χ3v) is 7.86. The first-order chi connectivity index (χ1) is 23.8. The van der Waals surface area contributed by atoms with Gasteiger partial charge < -0.3 is 0 Å². The highest BCUT2D eigenvalue weighted by atomic mass is 14.2. The van der Waals surface area contributed by atoms with Crippen LogP contribution in [0.1, 0.15) is 9.60 Å². The van der Waals surface area contributed by atoms with Crippen LogP contribution >= 0.6 is 0 Å². The van der Waals surface area contributed by atoms with E-state index >= 15 is 0 Å². The Morgan fingerprint density at radius 3 is 1.60 bits per heavy atom. The maximum Gasteiger partial charge on any atom is 0.0636 e. The van der Waals surface area contributed by atoms with Crippen molar-refractivity contribution in [3.05, 3.63) is 170 Å². The normalized spacial score (nSPS) is 13.7. The van der Waals surface area contributed by atoms with Gasteiger partial charge in [-0.15, -0.1) is 0 Å². The number of fused-ring (bicyclic) bond motifs is 3. The molecule has 0 amide bonds. The molecule has 196 valence electrons. The zero-order valence-corrected chi connectivity index (χ0v) is 22.6. The van der Waals surface area contributed by atoms with Gasteiger partial charge >= 0.3 is 0 Å². The summed E-state index contributed by atoms with van der Waals surface area (Å²) in [7, 11) is 0. The van der Waals surface area contributed by atoms with E-state index in [4.69, 9.17) is 2.74 Å². The van der Waals surface area contributed by atoms with Crippen LogP contribution in [-0.2, 0) is 0 Å². The molecule has 8 aromatic carbocycles. The highest BCUT2D eigenvalue weighted by Crippen LogP contribution is 2.47. The van der Waals surface area contributed by atoms with E-state index in [-0.39, 0.29) is 53.1 Å². The van der Waals surface area contributed by atoms with Crippen molar-refractivity contribution in [1.29, 1.82) is 0 Å². The first-order valence-electron chi connectivity index (χ1n) is 17.5. The summed E-state index contributed by atoms with van der Waals surface area (Å²) < 4.78 is 65.1. The summed E-state index contributed by atoms with van der Waals surface area (Å²) in [6.45, 7) is 0. The van der Waals surface area contributed by atoms with E-state index in [2.05, 4.69) is 6.07 Å². The van der Waals surface area contributed by atoms with Gasteiger partial charge in [0.15, 0.2) is 0 Å². The van der Waals surface area contributed by atoms with E-state index in [9.17, 15) is 6.85 Å². The third-order valence-electron chi connectivity index (χ3n) is 7.86. The van der Waals surface area contributed by atoms with E-state index in [0.717, 1.165) is 21.9 Å². The molecule has 0 heteroatoms. The quantitative estimate of drug-likeness (QED) is 0.195. The molecule has 0 aliphatic rings. The first kappa shape index (κ1) is 18.1. The maximum atomic E-state index is 9.89. The van der Waals surface area contributed by atoms with Crippen LogP contribution in [0.3, 0.4) is 0 Å². The Kier molecular flexibility index (Phi) is 4.38. The van der Waals surface area contributed by atoms with E-state index in [1.807, 2.05) is 121 Å². The fourth-order valence-corrected chi connectivity index (χ4v) is 5.95. The van der Waals surface area contributed by atoms with Gasteiger partial charge in [-0.25, -0.2) is 0 Å². The van der Waals surface area contributed by atoms with Gasteiger partial charge in [0.25, 0.3) is 0 Å². The van der Waals surface area contributed by atoms with Gasteiger partial charge in [-0.2, -0.15) is 0 Å². The lowest BCUT2D eigenvalue weighted by Gasteiger charge is -2.20. The second-order valence-corrected chi connectivity index (χ2v) is 10.3. The molecule has 42 heavy (non-hydrogen) atoms. The van der Waals surface area contributed by atoms with Crippen molar-refractivity contribution in [3.63, 3.8) is 0 Å². The summed E-state index contributed by atoms with van der Waals surface area (Å²) in [6.07, 6.45) is 0. The minimum absolute atomic E-state index is 0.0258. The zero-order chi connectivity index (χ0) is 34.0. The lowest BCUT2D eigenvalue weighted by atomic mass is 9.83. The average Bonchev–Trinajstić information content (AvgIpc) is 3.15. The molecule has 0 radical (unpaired) electrons. The molecule has 0 saturated heterocycles. The van der Waals surface area contributed by atoms with Crippen molar-refractivity contribution in [3.8, 4) is 44.5 Å². The fourth-order valence-electron chi connectivity index (χ4n) is 5.95. The topological polar surface area (TPSA) is 0 Å². The predicted octanol–water partition coefficient (Wildman–Crippen LogP) is 11.8. The molecule has 0 unspecified atom stereocenters. The van der Waals surface area contributed by atoms with Gasteiger partial charge in [0.1, 0.15) is 0 Å². The fraction of sp³-hybridized carbons (Fsp3) is 0.